The highest BCUT2D eigenvalue weighted by Crippen LogP contribution is 1.95. The number of hydrogen-bond acceptors (Lipinski definition) is 3. The molecule has 0 spiro atoms. The van der Waals surface area contributed by atoms with E-state index >= 15 is 0 Å². The van der Waals surface area contributed by atoms with E-state index in [0.717, 1.165) is 11.0 Å². The molecule has 0 aromatic carbocycles. The van der Waals surface area contributed by atoms with E-state index in [-0.39, 0.29) is 0 Å². The summed E-state index contributed by atoms with van der Waals surface area (Å²) in [4.78, 5) is 9.86. The molecule has 1 amide bonds. The maximum Gasteiger partial charge on any atom is 0.261 e. The van der Waals surface area contributed by atoms with E-state index < -0.39 is 12.6 Å². The molecule has 2 nitrogen and oxygen atoms in total. The molecule has 0 fully saturated rings. The first kappa shape index (κ1) is 7.10. The maximum absolute atomic E-state index is 11.1. The Labute approximate surface area is 49.8 Å². The Kier molecular flexibility index (Phi) is 4.32. The monoisotopic (exact) mass is 141 g/mol. The molecule has 5 heteroatoms. The van der Waals surface area contributed by atoms with Crippen LogP contribution in [0.2, 0.25) is 0 Å². The first-order chi connectivity index (χ1) is 3.31. The Morgan fingerprint density at radius 1 is 2.00 bits per heavy atom. The molecule has 0 aromatic rings. The van der Waals surface area contributed by atoms with E-state index in [1.165, 1.54) is 0 Å². The number of carbonyl (C=O) groups excluding carboxylic acids is 1. The summed E-state index contributed by atoms with van der Waals surface area (Å²) in [6.45, 7) is -0.979. The molecular weight excluding hydrogens is 137 g/mol. The number of rotatable bonds is 2. The van der Waals surface area contributed by atoms with Gasteiger partial charge in [-0.05, 0) is 0 Å². The Morgan fingerprint density at radius 2 is 2.57 bits per heavy atom. The third kappa shape index (κ3) is 3.94. The Balaban J connectivity index is 3.00. The summed E-state index contributed by atoms with van der Waals surface area (Å²) in [5, 5.41) is 0. The van der Waals surface area contributed by atoms with Crippen molar-refractivity contribution in [2.75, 3.05) is 6.67 Å². The van der Waals surface area contributed by atoms with Gasteiger partial charge in [-0.3, -0.25) is 9.52 Å². The number of halogens is 1. The third-order valence-electron chi connectivity index (χ3n) is 0.281. The summed E-state index contributed by atoms with van der Waals surface area (Å²) in [6.07, 6.45) is 0. The van der Waals surface area contributed by atoms with Gasteiger partial charge in [-0.25, -0.2) is 4.39 Å². The van der Waals surface area contributed by atoms with Crippen LogP contribution in [0.25, 0.3) is 0 Å². The summed E-state index contributed by atoms with van der Waals surface area (Å²) in [5.41, 5.74) is 0. The molecule has 0 heterocycles. The predicted octanol–water partition coefficient (Wildman–Crippen LogP) is 0.565. The number of hydrogen-bond donors (Lipinski definition) is 2. The second kappa shape index (κ2) is 4.26. The minimum Gasteiger partial charge on any atom is -0.289 e. The second-order valence-electron chi connectivity index (χ2n) is 0.750. The van der Waals surface area contributed by atoms with Crippen molar-refractivity contribution in [3.05, 3.63) is 0 Å². The molecule has 0 aromatic heterocycles. The van der Waals surface area contributed by atoms with Crippen LogP contribution in [0.3, 0.4) is 0 Å². The molecule has 0 aliphatic rings. The van der Waals surface area contributed by atoms with E-state index in [2.05, 4.69) is 16.4 Å². The fourth-order valence-electron chi connectivity index (χ4n) is 0.0782. The van der Waals surface area contributed by atoms with Crippen LogP contribution >= 0.6 is 22.6 Å². The molecule has 0 saturated heterocycles. The average molecular weight is 141 g/mol. The lowest BCUT2D eigenvalue weighted by molar-refractivity contribution is -0.119. The number of amides is 1. The molecule has 0 unspecified atom stereocenters. The van der Waals surface area contributed by atoms with Gasteiger partial charge in [0.1, 0.15) is 0 Å². The van der Waals surface area contributed by atoms with Crippen molar-refractivity contribution in [3.8, 4) is 0 Å². The van der Waals surface area contributed by atoms with E-state index in [0.29, 0.717) is 0 Å². The Morgan fingerprint density at radius 3 is 2.71 bits per heavy atom. The number of thiol groups is 1. The molecule has 0 atom stereocenters. The fourth-order valence-corrected chi connectivity index (χ4v) is 0.540. The van der Waals surface area contributed by atoms with Gasteiger partial charge in [0.05, 0.1) is 0 Å². The summed E-state index contributed by atoms with van der Waals surface area (Å²) in [5.74, 6) is -0.653. The smallest absolute Gasteiger partial charge is 0.261 e. The lowest BCUT2D eigenvalue weighted by atomic mass is 10.7. The largest absolute Gasteiger partial charge is 0.289 e. The van der Waals surface area contributed by atoms with E-state index in [4.69, 9.17) is 0 Å². The molecule has 0 saturated carbocycles. The first-order valence-electron chi connectivity index (χ1n) is 1.46. The minimum atomic E-state index is -0.979. The fraction of sp³-hybridized carbons (Fsp3) is 0.500. The van der Waals surface area contributed by atoms with Crippen LogP contribution in [0.1, 0.15) is 0 Å². The van der Waals surface area contributed by atoms with Crippen molar-refractivity contribution < 1.29 is 9.18 Å². The van der Waals surface area contributed by atoms with Crippen LogP contribution in [0.4, 0.5) is 4.39 Å². The highest BCUT2D eigenvalue weighted by molar-refractivity contribution is 8.68. The second-order valence-corrected chi connectivity index (χ2v) is 1.68. The van der Waals surface area contributed by atoms with Gasteiger partial charge in [0, 0.05) is 11.0 Å². The topological polar surface area (TPSA) is 29.1 Å². The van der Waals surface area contributed by atoms with Gasteiger partial charge >= 0.3 is 0 Å². The van der Waals surface area contributed by atoms with Gasteiger partial charge in [0.15, 0.2) is 6.67 Å². The molecule has 42 valence electrons. The van der Waals surface area contributed by atoms with Gasteiger partial charge in [-0.15, -0.1) is 0 Å². The Bertz CT molecular complexity index is 68.7. The molecule has 0 aliphatic heterocycles. The van der Waals surface area contributed by atoms with Crippen molar-refractivity contribution in [1.82, 2.24) is 4.72 Å². The number of alkyl halides is 1. The zero-order valence-electron chi connectivity index (χ0n) is 3.35. The highest BCUT2D eigenvalue weighted by Gasteiger charge is 1.93. The summed E-state index contributed by atoms with van der Waals surface area (Å²) in [7, 11) is 0.789. The van der Waals surface area contributed by atoms with Crippen LogP contribution in [0.15, 0.2) is 0 Å². The molecular formula is C2H4FNOS2. The lowest BCUT2D eigenvalue weighted by Crippen LogP contribution is -2.15. The predicted molar refractivity (Wildman–Crippen MR) is 30.7 cm³/mol. The van der Waals surface area contributed by atoms with Crippen LogP contribution in [0.5, 0.6) is 0 Å². The van der Waals surface area contributed by atoms with Gasteiger partial charge in [0.2, 0.25) is 0 Å². The normalized spacial score (nSPS) is 8.29. The van der Waals surface area contributed by atoms with E-state index in [1.54, 1.807) is 0 Å². The van der Waals surface area contributed by atoms with Gasteiger partial charge < -0.3 is 0 Å². The van der Waals surface area contributed by atoms with E-state index in [9.17, 15) is 9.18 Å². The lowest BCUT2D eigenvalue weighted by Gasteiger charge is -1.89. The maximum atomic E-state index is 11.1. The van der Waals surface area contributed by atoms with Crippen LogP contribution in [0, 0.1) is 0 Å². The van der Waals surface area contributed by atoms with E-state index in [1.807, 2.05) is 0 Å². The van der Waals surface area contributed by atoms with Crippen LogP contribution in [-0.2, 0) is 4.79 Å². The van der Waals surface area contributed by atoms with Crippen molar-refractivity contribution in [2.45, 2.75) is 0 Å². The molecule has 1 N–H and O–H groups in total. The standard InChI is InChI=1S/C2H4FNOS2/c3-1-2(5)4-7-6/h6H,1H2,(H,4,5). The highest BCUT2D eigenvalue weighted by atomic mass is 33.1. The van der Waals surface area contributed by atoms with Crippen molar-refractivity contribution >= 4 is 28.5 Å². The van der Waals surface area contributed by atoms with Gasteiger partial charge in [-0.1, -0.05) is 11.7 Å². The minimum absolute atomic E-state index is 0.653. The summed E-state index contributed by atoms with van der Waals surface area (Å²) in [6, 6.07) is 0. The van der Waals surface area contributed by atoms with Crippen molar-refractivity contribution in [1.29, 1.82) is 0 Å². The molecule has 0 bridgehead atoms. The van der Waals surface area contributed by atoms with Crippen LogP contribution in [-0.4, -0.2) is 12.6 Å². The van der Waals surface area contributed by atoms with Crippen LogP contribution < -0.4 is 4.72 Å². The third-order valence-corrected chi connectivity index (χ3v) is 0.874. The SMILES string of the molecule is O=C(CF)NSS. The average Bonchev–Trinajstić information content (AvgIpc) is 1.68. The quantitative estimate of drug-likeness (QED) is 0.334. The molecule has 0 rings (SSSR count). The van der Waals surface area contributed by atoms with Crippen molar-refractivity contribution in [3.63, 3.8) is 0 Å². The van der Waals surface area contributed by atoms with Crippen molar-refractivity contribution in [2.24, 2.45) is 0 Å². The summed E-state index contributed by atoms with van der Waals surface area (Å²) < 4.78 is 13.2. The first-order valence-corrected chi connectivity index (χ1v) is 3.33. The molecule has 7 heavy (non-hydrogen) atoms. The molecule has 0 radical (unpaired) electrons. The Hall–Kier alpha value is 0.1000. The zero-order valence-corrected chi connectivity index (χ0v) is 5.06. The zero-order chi connectivity index (χ0) is 5.70. The molecule has 0 aliphatic carbocycles. The van der Waals surface area contributed by atoms with Gasteiger partial charge in [-0.2, -0.15) is 0 Å². The number of nitrogens with one attached hydrogen (secondary N) is 1. The summed E-state index contributed by atoms with van der Waals surface area (Å²) >= 11 is 3.53. The number of carbonyl (C=O) groups is 1. The van der Waals surface area contributed by atoms with Gasteiger partial charge in [0.25, 0.3) is 5.91 Å².